The third kappa shape index (κ3) is 4.91. The summed E-state index contributed by atoms with van der Waals surface area (Å²) in [4.78, 5) is 45.0. The first kappa shape index (κ1) is 21.0. The van der Waals surface area contributed by atoms with E-state index in [0.29, 0.717) is 22.8 Å². The highest BCUT2D eigenvalue weighted by Gasteiger charge is 2.22. The summed E-state index contributed by atoms with van der Waals surface area (Å²) in [6.45, 7) is 1.90. The third-order valence-electron chi connectivity index (χ3n) is 5.16. The fourth-order valence-corrected chi connectivity index (χ4v) is 4.52. The molecule has 0 fully saturated rings. The predicted octanol–water partition coefficient (Wildman–Crippen LogP) is 3.11. The van der Waals surface area contributed by atoms with Crippen LogP contribution in [0.5, 0.6) is 0 Å². The number of ketones is 1. The van der Waals surface area contributed by atoms with Gasteiger partial charge in [-0.2, -0.15) is 4.98 Å². The number of amides is 1. The van der Waals surface area contributed by atoms with Gasteiger partial charge in [-0.3, -0.25) is 19.1 Å². The van der Waals surface area contributed by atoms with Crippen LogP contribution in [-0.4, -0.2) is 32.0 Å². The van der Waals surface area contributed by atoms with Crippen LogP contribution in [0.2, 0.25) is 0 Å². The van der Waals surface area contributed by atoms with Crippen molar-refractivity contribution < 1.29 is 9.59 Å². The van der Waals surface area contributed by atoms with Gasteiger partial charge in [0.1, 0.15) is 5.03 Å². The number of aromatic nitrogens is 3. The van der Waals surface area contributed by atoms with E-state index in [1.54, 1.807) is 35.0 Å². The summed E-state index contributed by atoms with van der Waals surface area (Å²) >= 11 is 1.28. The molecule has 1 amide bonds. The Balaban J connectivity index is 1.46. The second kappa shape index (κ2) is 9.26. The van der Waals surface area contributed by atoms with E-state index in [4.69, 9.17) is 0 Å². The summed E-state index contributed by atoms with van der Waals surface area (Å²) in [6.07, 6.45) is 4.35. The van der Waals surface area contributed by atoms with E-state index in [0.717, 1.165) is 36.2 Å². The Hall–Kier alpha value is -3.26. The van der Waals surface area contributed by atoms with Gasteiger partial charge in [-0.05, 0) is 62.6 Å². The number of benzene rings is 1. The predicted molar refractivity (Wildman–Crippen MR) is 120 cm³/mol. The minimum atomic E-state index is -0.311. The van der Waals surface area contributed by atoms with Crippen LogP contribution < -0.4 is 11.0 Å². The molecule has 158 valence electrons. The highest BCUT2D eigenvalue weighted by atomic mass is 32.2. The lowest BCUT2D eigenvalue weighted by atomic mass is 10.1. The fourth-order valence-electron chi connectivity index (χ4n) is 3.64. The van der Waals surface area contributed by atoms with Gasteiger partial charge in [0.2, 0.25) is 5.91 Å². The maximum Gasteiger partial charge on any atom is 0.349 e. The maximum atomic E-state index is 12.7. The van der Waals surface area contributed by atoms with Crippen LogP contribution in [0.3, 0.4) is 0 Å². The lowest BCUT2D eigenvalue weighted by Crippen LogP contribution is -2.28. The number of pyridine rings is 1. The number of hydrogen-bond acceptors (Lipinski definition) is 6. The van der Waals surface area contributed by atoms with Crippen LogP contribution in [-0.2, 0) is 24.2 Å². The van der Waals surface area contributed by atoms with Gasteiger partial charge < -0.3 is 5.32 Å². The molecule has 0 saturated carbocycles. The number of carbonyl (C=O) groups is 2. The molecule has 4 rings (SSSR count). The molecule has 8 heteroatoms. The van der Waals surface area contributed by atoms with E-state index in [1.165, 1.54) is 18.7 Å². The Bertz CT molecular complexity index is 1170. The summed E-state index contributed by atoms with van der Waals surface area (Å²) in [5.74, 6) is -0.0599. The van der Waals surface area contributed by atoms with Gasteiger partial charge in [0.05, 0.1) is 18.0 Å². The molecule has 1 N–H and O–H groups in total. The van der Waals surface area contributed by atoms with Crippen molar-refractivity contribution in [2.24, 2.45) is 0 Å². The fraction of sp³-hybridized carbons (Fsp3) is 0.261. The molecule has 0 aliphatic heterocycles. The van der Waals surface area contributed by atoms with Crippen LogP contribution in [0.4, 0.5) is 5.69 Å². The number of carbonyl (C=O) groups excluding carboxylic acids is 2. The van der Waals surface area contributed by atoms with Crippen LogP contribution in [0.1, 0.15) is 40.7 Å². The normalized spacial score (nSPS) is 12.4. The van der Waals surface area contributed by atoms with E-state index in [2.05, 4.69) is 15.3 Å². The summed E-state index contributed by atoms with van der Waals surface area (Å²) in [5.41, 5.74) is 3.77. The molecule has 7 nitrogen and oxygen atoms in total. The lowest BCUT2D eigenvalue weighted by molar-refractivity contribution is -0.113. The zero-order valence-electron chi connectivity index (χ0n) is 17.1. The van der Waals surface area contributed by atoms with Gasteiger partial charge in [-0.1, -0.05) is 17.8 Å². The molecule has 0 bridgehead atoms. The molecule has 0 spiro atoms. The molecule has 1 aliphatic carbocycles. The molecule has 2 aromatic heterocycles. The number of nitrogens with zero attached hydrogens (tertiary/aromatic N) is 3. The van der Waals surface area contributed by atoms with Gasteiger partial charge in [0, 0.05) is 28.7 Å². The summed E-state index contributed by atoms with van der Waals surface area (Å²) < 4.78 is 1.70. The highest BCUT2D eigenvalue weighted by Crippen LogP contribution is 2.29. The molecule has 1 aromatic carbocycles. The Morgan fingerprint density at radius 1 is 1.13 bits per heavy atom. The number of nitrogens with one attached hydrogen (secondary N) is 1. The van der Waals surface area contributed by atoms with Gasteiger partial charge >= 0.3 is 5.69 Å². The number of Topliss-reactive ketones (excluding diaryl/α,β-unsaturated/α-hetero) is 1. The first-order chi connectivity index (χ1) is 15.0. The molecular weight excluding hydrogens is 412 g/mol. The number of anilines is 1. The smallest absolute Gasteiger partial charge is 0.325 e. The van der Waals surface area contributed by atoms with Crippen molar-refractivity contribution >= 4 is 29.1 Å². The van der Waals surface area contributed by atoms with Crippen LogP contribution >= 0.6 is 11.8 Å². The molecule has 3 aromatic rings. The van der Waals surface area contributed by atoms with Crippen molar-refractivity contribution in [1.29, 1.82) is 0 Å². The Kier molecular flexibility index (Phi) is 6.27. The third-order valence-corrected chi connectivity index (χ3v) is 6.18. The first-order valence-electron chi connectivity index (χ1n) is 10.1. The van der Waals surface area contributed by atoms with E-state index in [1.807, 2.05) is 18.2 Å². The minimum Gasteiger partial charge on any atom is -0.325 e. The number of rotatable bonds is 7. The second-order valence-corrected chi connectivity index (χ2v) is 8.32. The standard InChI is InChI=1S/C23H22N4O3S/c1-15(28)16-8-10-17(11-9-16)25-21(29)14-31-22-19-6-4-7-20(19)27(23(30)26-22)13-18-5-2-3-12-24-18/h2-3,5,8-12H,4,6-7,13-14H2,1H3,(H,25,29). The number of fused-ring (bicyclic) bond motifs is 1. The van der Waals surface area contributed by atoms with Crippen molar-refractivity contribution in [2.45, 2.75) is 37.8 Å². The van der Waals surface area contributed by atoms with Crippen molar-refractivity contribution in [3.8, 4) is 0 Å². The molecule has 0 unspecified atom stereocenters. The summed E-state index contributed by atoms with van der Waals surface area (Å²) in [7, 11) is 0. The SMILES string of the molecule is CC(=O)c1ccc(NC(=O)CSc2nc(=O)n(Cc3ccccn3)c3c2CCC3)cc1. The zero-order valence-corrected chi connectivity index (χ0v) is 17.9. The van der Waals surface area contributed by atoms with E-state index < -0.39 is 0 Å². The molecule has 0 radical (unpaired) electrons. The quantitative estimate of drug-likeness (QED) is 0.349. The molecule has 0 saturated heterocycles. The van der Waals surface area contributed by atoms with Crippen molar-refractivity contribution in [2.75, 3.05) is 11.1 Å². The molecule has 0 atom stereocenters. The summed E-state index contributed by atoms with van der Waals surface area (Å²) in [6, 6.07) is 12.4. The molecule has 2 heterocycles. The number of hydrogen-bond donors (Lipinski definition) is 1. The van der Waals surface area contributed by atoms with E-state index in [-0.39, 0.29) is 23.1 Å². The highest BCUT2D eigenvalue weighted by molar-refractivity contribution is 8.00. The van der Waals surface area contributed by atoms with Gasteiger partial charge in [-0.15, -0.1) is 0 Å². The Labute approximate surface area is 183 Å². The van der Waals surface area contributed by atoms with Gasteiger partial charge in [0.15, 0.2) is 5.78 Å². The number of thioether (sulfide) groups is 1. The zero-order chi connectivity index (χ0) is 21.8. The van der Waals surface area contributed by atoms with Gasteiger partial charge in [-0.25, -0.2) is 4.79 Å². The van der Waals surface area contributed by atoms with Crippen LogP contribution in [0.15, 0.2) is 58.5 Å². The van der Waals surface area contributed by atoms with Gasteiger partial charge in [0.25, 0.3) is 0 Å². The van der Waals surface area contributed by atoms with E-state index >= 15 is 0 Å². The summed E-state index contributed by atoms with van der Waals surface area (Å²) in [5, 5.41) is 3.45. The minimum absolute atomic E-state index is 0.0221. The first-order valence-corrected chi connectivity index (χ1v) is 11.1. The van der Waals surface area contributed by atoms with Crippen molar-refractivity contribution in [1.82, 2.24) is 14.5 Å². The second-order valence-electron chi connectivity index (χ2n) is 7.36. The molecule has 31 heavy (non-hydrogen) atoms. The molecular formula is C23H22N4O3S. The Morgan fingerprint density at radius 2 is 1.94 bits per heavy atom. The molecule has 1 aliphatic rings. The van der Waals surface area contributed by atoms with Crippen molar-refractivity contribution in [3.63, 3.8) is 0 Å². The topological polar surface area (TPSA) is 94.0 Å². The van der Waals surface area contributed by atoms with Crippen LogP contribution in [0, 0.1) is 0 Å². The Morgan fingerprint density at radius 3 is 2.65 bits per heavy atom. The lowest BCUT2D eigenvalue weighted by Gasteiger charge is -2.14. The monoisotopic (exact) mass is 434 g/mol. The van der Waals surface area contributed by atoms with E-state index in [9.17, 15) is 14.4 Å². The van der Waals surface area contributed by atoms with Crippen LogP contribution in [0.25, 0.3) is 0 Å². The maximum absolute atomic E-state index is 12.7. The average Bonchev–Trinajstić information content (AvgIpc) is 3.26. The van der Waals surface area contributed by atoms with Crippen molar-refractivity contribution in [3.05, 3.63) is 81.7 Å². The largest absolute Gasteiger partial charge is 0.349 e. The average molecular weight is 435 g/mol.